The molecule has 0 aliphatic heterocycles. The van der Waals surface area contributed by atoms with E-state index >= 15 is 0 Å². The molecule has 1 unspecified atom stereocenters. The Morgan fingerprint density at radius 2 is 1.68 bits per heavy atom. The minimum absolute atomic E-state index is 0.111. The molecular formula is C17H30N2. The predicted molar refractivity (Wildman–Crippen MR) is 83.1 cm³/mol. The molecule has 1 aromatic heterocycles. The number of nitrogens with two attached hydrogens (primary N) is 1. The van der Waals surface area contributed by atoms with Gasteiger partial charge in [-0.2, -0.15) is 0 Å². The van der Waals surface area contributed by atoms with Gasteiger partial charge in [0, 0.05) is 12.2 Å². The SMILES string of the molecule is CCCCCCCCCCC(N)c1cc(C)ccn1. The molecule has 0 aliphatic carbocycles. The van der Waals surface area contributed by atoms with Crippen LogP contribution >= 0.6 is 0 Å². The third kappa shape index (κ3) is 7.31. The Hall–Kier alpha value is -0.890. The van der Waals surface area contributed by atoms with Crippen LogP contribution in [0.4, 0.5) is 0 Å². The molecule has 108 valence electrons. The summed E-state index contributed by atoms with van der Waals surface area (Å²) < 4.78 is 0. The summed E-state index contributed by atoms with van der Waals surface area (Å²) in [5, 5.41) is 0. The minimum Gasteiger partial charge on any atom is -0.323 e. The van der Waals surface area contributed by atoms with E-state index in [0.717, 1.165) is 12.1 Å². The van der Waals surface area contributed by atoms with E-state index in [9.17, 15) is 0 Å². The zero-order valence-corrected chi connectivity index (χ0v) is 12.7. The molecule has 2 N–H and O–H groups in total. The molecule has 2 heteroatoms. The van der Waals surface area contributed by atoms with Gasteiger partial charge in [0.25, 0.3) is 0 Å². The van der Waals surface area contributed by atoms with Gasteiger partial charge in [-0.1, -0.05) is 58.3 Å². The first-order chi connectivity index (χ1) is 9.24. The van der Waals surface area contributed by atoms with Crippen LogP contribution in [0.2, 0.25) is 0 Å². The fourth-order valence-corrected chi connectivity index (χ4v) is 2.41. The molecule has 19 heavy (non-hydrogen) atoms. The second-order valence-electron chi connectivity index (χ2n) is 5.63. The summed E-state index contributed by atoms with van der Waals surface area (Å²) >= 11 is 0. The predicted octanol–water partition coefficient (Wildman–Crippen LogP) is 4.92. The Balaban J connectivity index is 2.06. The van der Waals surface area contributed by atoms with Crippen molar-refractivity contribution in [2.24, 2.45) is 5.73 Å². The van der Waals surface area contributed by atoms with Crippen molar-refractivity contribution in [2.45, 2.75) is 77.7 Å². The second kappa shape index (κ2) is 9.96. The number of rotatable bonds is 10. The topological polar surface area (TPSA) is 38.9 Å². The molecule has 0 aliphatic rings. The lowest BCUT2D eigenvalue weighted by molar-refractivity contribution is 0.531. The summed E-state index contributed by atoms with van der Waals surface area (Å²) in [5.41, 5.74) is 8.47. The number of aryl methyl sites for hydroxylation is 1. The molecule has 2 nitrogen and oxygen atoms in total. The standard InChI is InChI=1S/C17H30N2/c1-3-4-5-6-7-8-9-10-11-16(18)17-14-15(2)12-13-19-17/h12-14,16H,3-11,18H2,1-2H3. The third-order valence-electron chi connectivity index (χ3n) is 3.69. The van der Waals surface area contributed by atoms with E-state index in [1.165, 1.54) is 56.9 Å². The van der Waals surface area contributed by atoms with Crippen molar-refractivity contribution >= 4 is 0 Å². The molecule has 0 saturated heterocycles. The van der Waals surface area contributed by atoms with Gasteiger partial charge < -0.3 is 5.73 Å². The Bertz CT molecular complexity index is 336. The van der Waals surface area contributed by atoms with Crippen LogP contribution in [0.15, 0.2) is 18.3 Å². The summed E-state index contributed by atoms with van der Waals surface area (Å²) in [5.74, 6) is 0. The van der Waals surface area contributed by atoms with Gasteiger partial charge in [-0.25, -0.2) is 0 Å². The number of aromatic nitrogens is 1. The summed E-state index contributed by atoms with van der Waals surface area (Å²) in [4.78, 5) is 4.36. The van der Waals surface area contributed by atoms with E-state index in [2.05, 4.69) is 24.9 Å². The molecule has 1 heterocycles. The summed E-state index contributed by atoms with van der Waals surface area (Å²) in [6.07, 6.45) is 13.7. The molecule has 0 saturated carbocycles. The van der Waals surface area contributed by atoms with Crippen LogP contribution in [-0.4, -0.2) is 4.98 Å². The summed E-state index contributed by atoms with van der Waals surface area (Å²) in [6.45, 7) is 4.36. The Labute approximate surface area is 118 Å². The number of hydrogen-bond donors (Lipinski definition) is 1. The normalized spacial score (nSPS) is 12.6. The summed E-state index contributed by atoms with van der Waals surface area (Å²) in [6, 6.07) is 4.24. The second-order valence-corrected chi connectivity index (χ2v) is 5.63. The maximum absolute atomic E-state index is 6.18. The molecule has 0 bridgehead atoms. The molecule has 0 aromatic carbocycles. The highest BCUT2D eigenvalue weighted by molar-refractivity contribution is 5.16. The van der Waals surface area contributed by atoms with Crippen molar-refractivity contribution in [3.05, 3.63) is 29.6 Å². The highest BCUT2D eigenvalue weighted by Gasteiger charge is 2.06. The molecule has 0 radical (unpaired) electrons. The quantitative estimate of drug-likeness (QED) is 0.608. The van der Waals surface area contributed by atoms with E-state index in [1.807, 2.05) is 12.3 Å². The lowest BCUT2D eigenvalue weighted by Crippen LogP contribution is -2.12. The zero-order valence-electron chi connectivity index (χ0n) is 12.7. The third-order valence-corrected chi connectivity index (χ3v) is 3.69. The van der Waals surface area contributed by atoms with Gasteiger partial charge in [-0.15, -0.1) is 0 Å². The lowest BCUT2D eigenvalue weighted by Gasteiger charge is -2.11. The maximum Gasteiger partial charge on any atom is 0.0573 e. The number of pyridine rings is 1. The number of nitrogens with zero attached hydrogens (tertiary/aromatic N) is 1. The van der Waals surface area contributed by atoms with E-state index in [1.54, 1.807) is 0 Å². The minimum atomic E-state index is 0.111. The molecule has 0 spiro atoms. The van der Waals surface area contributed by atoms with Gasteiger partial charge >= 0.3 is 0 Å². The van der Waals surface area contributed by atoms with E-state index in [-0.39, 0.29) is 6.04 Å². The lowest BCUT2D eigenvalue weighted by atomic mass is 10.0. The van der Waals surface area contributed by atoms with Gasteiger partial charge in [0.15, 0.2) is 0 Å². The molecule has 1 rings (SSSR count). The van der Waals surface area contributed by atoms with Crippen LogP contribution in [0, 0.1) is 6.92 Å². The first-order valence-electron chi connectivity index (χ1n) is 7.92. The molecule has 1 atom stereocenters. The first-order valence-corrected chi connectivity index (χ1v) is 7.92. The van der Waals surface area contributed by atoms with Crippen LogP contribution in [0.3, 0.4) is 0 Å². The van der Waals surface area contributed by atoms with Crippen LogP contribution in [0.5, 0.6) is 0 Å². The Morgan fingerprint density at radius 3 is 2.32 bits per heavy atom. The Kier molecular flexibility index (Phi) is 8.48. The first kappa shape index (κ1) is 16.2. The zero-order chi connectivity index (χ0) is 13.9. The fourth-order valence-electron chi connectivity index (χ4n) is 2.41. The van der Waals surface area contributed by atoms with Crippen LogP contribution in [0.25, 0.3) is 0 Å². The number of unbranched alkanes of at least 4 members (excludes halogenated alkanes) is 7. The van der Waals surface area contributed by atoms with Gasteiger partial charge in [-0.3, -0.25) is 4.98 Å². The van der Waals surface area contributed by atoms with E-state index in [0.29, 0.717) is 0 Å². The van der Waals surface area contributed by atoms with Gasteiger partial charge in [0.2, 0.25) is 0 Å². The van der Waals surface area contributed by atoms with Crippen molar-refractivity contribution in [3.8, 4) is 0 Å². The van der Waals surface area contributed by atoms with Crippen LogP contribution in [0.1, 0.15) is 82.0 Å². The van der Waals surface area contributed by atoms with Crippen LogP contribution < -0.4 is 5.73 Å². The summed E-state index contributed by atoms with van der Waals surface area (Å²) in [7, 11) is 0. The maximum atomic E-state index is 6.18. The van der Waals surface area contributed by atoms with Gasteiger partial charge in [0.05, 0.1) is 5.69 Å². The van der Waals surface area contributed by atoms with Crippen molar-refractivity contribution < 1.29 is 0 Å². The monoisotopic (exact) mass is 262 g/mol. The van der Waals surface area contributed by atoms with Gasteiger partial charge in [0.1, 0.15) is 0 Å². The van der Waals surface area contributed by atoms with Crippen molar-refractivity contribution in [1.29, 1.82) is 0 Å². The average Bonchev–Trinajstić information content (AvgIpc) is 2.41. The highest BCUT2D eigenvalue weighted by Crippen LogP contribution is 2.17. The smallest absolute Gasteiger partial charge is 0.0573 e. The van der Waals surface area contributed by atoms with E-state index < -0.39 is 0 Å². The number of hydrogen-bond acceptors (Lipinski definition) is 2. The van der Waals surface area contributed by atoms with Crippen molar-refractivity contribution in [2.75, 3.05) is 0 Å². The van der Waals surface area contributed by atoms with Crippen molar-refractivity contribution in [3.63, 3.8) is 0 Å². The van der Waals surface area contributed by atoms with Crippen molar-refractivity contribution in [1.82, 2.24) is 4.98 Å². The molecule has 0 amide bonds. The molecular weight excluding hydrogens is 232 g/mol. The fraction of sp³-hybridized carbons (Fsp3) is 0.706. The van der Waals surface area contributed by atoms with Gasteiger partial charge in [-0.05, 0) is 31.0 Å². The average molecular weight is 262 g/mol. The molecule has 0 fully saturated rings. The highest BCUT2D eigenvalue weighted by atomic mass is 14.8. The van der Waals surface area contributed by atoms with Crippen LogP contribution in [-0.2, 0) is 0 Å². The Morgan fingerprint density at radius 1 is 1.05 bits per heavy atom. The van der Waals surface area contributed by atoms with E-state index in [4.69, 9.17) is 5.73 Å². The molecule has 1 aromatic rings. The largest absolute Gasteiger partial charge is 0.323 e.